The Morgan fingerprint density at radius 3 is 2.21 bits per heavy atom. The molecule has 3 rings (SSSR count). The number of hydrogen-bond donors (Lipinski definition) is 4. The van der Waals surface area contributed by atoms with Crippen LogP contribution in [0, 0.1) is 0 Å². The number of methoxy groups -OCH3 is 4. The van der Waals surface area contributed by atoms with Crippen LogP contribution in [0.2, 0.25) is 0 Å². The normalized spacial score (nSPS) is 20.6. The van der Waals surface area contributed by atoms with Crippen LogP contribution in [-0.4, -0.2) is 113 Å². The fraction of sp³-hybridized carbons (Fsp3) is 0.591. The van der Waals surface area contributed by atoms with Crippen molar-refractivity contribution in [2.75, 3.05) is 47.4 Å². The molecule has 262 valence electrons. The molecule has 2 aromatic heterocycles. The predicted octanol–water partition coefficient (Wildman–Crippen LogP) is -1.16. The van der Waals surface area contributed by atoms with Gasteiger partial charge in [-0.15, -0.1) is 0 Å². The number of esters is 4. The summed E-state index contributed by atoms with van der Waals surface area (Å²) in [7, 11) is -6.81. The van der Waals surface area contributed by atoms with E-state index in [4.69, 9.17) is 24.0 Å². The lowest BCUT2D eigenvalue weighted by atomic mass is 9.95. The zero-order chi connectivity index (χ0) is 35.2. The number of phosphoric ester groups is 2. The van der Waals surface area contributed by atoms with Gasteiger partial charge in [-0.3, -0.25) is 42.0 Å². The first-order valence-corrected chi connectivity index (χ1v) is 16.0. The molecule has 5 atom stereocenters. The van der Waals surface area contributed by atoms with E-state index in [2.05, 4.69) is 38.4 Å². The largest absolute Gasteiger partial charge is 0.473 e. The summed E-state index contributed by atoms with van der Waals surface area (Å²) in [5.74, 6) is -5.05. The lowest BCUT2D eigenvalue weighted by molar-refractivity contribution is -0.173. The Kier molecular flexibility index (Phi) is 12.3. The van der Waals surface area contributed by atoms with E-state index >= 15 is 0 Å². The van der Waals surface area contributed by atoms with Gasteiger partial charge in [0.15, 0.2) is 23.4 Å². The van der Waals surface area contributed by atoms with Crippen molar-refractivity contribution in [1.29, 1.82) is 0 Å². The Morgan fingerprint density at radius 1 is 1.02 bits per heavy atom. The van der Waals surface area contributed by atoms with Crippen molar-refractivity contribution in [2.45, 2.75) is 43.3 Å². The summed E-state index contributed by atoms with van der Waals surface area (Å²) in [6.07, 6.45) is -5.64. The molecule has 0 aliphatic carbocycles. The Bertz CT molecular complexity index is 1630. The molecule has 25 heteroatoms. The average molecular weight is 715 g/mol. The van der Waals surface area contributed by atoms with Gasteiger partial charge in [-0.25, -0.2) is 23.7 Å². The van der Waals surface area contributed by atoms with Crippen LogP contribution in [0.15, 0.2) is 11.1 Å². The van der Waals surface area contributed by atoms with Gasteiger partial charge in [-0.1, -0.05) is 0 Å². The number of carbonyl (C=O) groups excluding carboxylic acids is 4. The smallest absolute Gasteiger partial charge is 0.469 e. The van der Waals surface area contributed by atoms with Gasteiger partial charge in [0.1, 0.15) is 18.4 Å². The second kappa shape index (κ2) is 15.4. The van der Waals surface area contributed by atoms with Crippen molar-refractivity contribution in [3.8, 4) is 0 Å². The van der Waals surface area contributed by atoms with E-state index < -0.39 is 95.2 Å². The van der Waals surface area contributed by atoms with Crippen LogP contribution in [0.25, 0.3) is 11.2 Å². The highest BCUT2D eigenvalue weighted by Crippen LogP contribution is 2.52. The van der Waals surface area contributed by atoms with Crippen LogP contribution < -0.4 is 11.3 Å². The van der Waals surface area contributed by atoms with E-state index in [1.807, 2.05) is 0 Å². The first-order chi connectivity index (χ1) is 22.0. The molecule has 1 fully saturated rings. The van der Waals surface area contributed by atoms with Crippen molar-refractivity contribution >= 4 is 56.6 Å². The summed E-state index contributed by atoms with van der Waals surface area (Å²) in [5.41, 5.74) is 1.94. The number of nitrogens with two attached hydrogens (primary N) is 1. The number of H-pyrrole nitrogens is 1. The number of carbonyl (C=O) groups is 4. The number of rotatable bonds is 16. The minimum Gasteiger partial charge on any atom is -0.469 e. The Hall–Kier alpha value is -3.79. The highest BCUT2D eigenvalue weighted by Gasteiger charge is 2.52. The highest BCUT2D eigenvalue weighted by molar-refractivity contribution is 7.47. The second-order valence-electron chi connectivity index (χ2n) is 9.45. The summed E-state index contributed by atoms with van der Waals surface area (Å²) in [5, 5.41) is 0. The minimum absolute atomic E-state index is 0.0738. The monoisotopic (exact) mass is 715 g/mol. The quantitative estimate of drug-likeness (QED) is 0.0904. The number of anilines is 1. The number of nitrogens with zero attached hydrogens (tertiary/aromatic N) is 3. The Morgan fingerprint density at radius 2 is 1.64 bits per heavy atom. The van der Waals surface area contributed by atoms with Gasteiger partial charge >= 0.3 is 39.5 Å². The highest BCUT2D eigenvalue weighted by atomic mass is 31.2. The summed E-state index contributed by atoms with van der Waals surface area (Å²) in [6, 6.07) is 0. The van der Waals surface area contributed by atoms with Crippen molar-refractivity contribution in [1.82, 2.24) is 19.5 Å². The summed E-state index contributed by atoms with van der Waals surface area (Å²) in [4.78, 5) is 91.6. The third-order valence-electron chi connectivity index (χ3n) is 6.35. The van der Waals surface area contributed by atoms with Crippen LogP contribution in [-0.2, 0) is 70.1 Å². The minimum atomic E-state index is -5.48. The number of hydrogen-bond acceptors (Lipinski definition) is 19. The van der Waals surface area contributed by atoms with Gasteiger partial charge in [-0.2, -0.15) is 4.98 Å². The molecule has 1 aliphatic rings. The maximum atomic E-state index is 13.2. The predicted molar refractivity (Wildman–Crippen MR) is 149 cm³/mol. The van der Waals surface area contributed by atoms with E-state index in [0.29, 0.717) is 0 Å². The molecule has 1 aliphatic heterocycles. The molecular formula is C22H31N5O18P2. The lowest BCUT2D eigenvalue weighted by Crippen LogP contribution is -2.46. The van der Waals surface area contributed by atoms with Gasteiger partial charge < -0.3 is 39.2 Å². The SMILES string of the molecule is COC(=O)COP(=O)(O)OC1C[C@H](n2cnc3c(=O)[nH]c(N)nc32)O[C@@H]1COP(=O)(O)OC(CC(=O)OC)(CC(=O)OC)C(=O)OC. The van der Waals surface area contributed by atoms with Crippen molar-refractivity contribution in [2.24, 2.45) is 0 Å². The first-order valence-electron chi connectivity index (χ1n) is 13.0. The summed E-state index contributed by atoms with van der Waals surface area (Å²) in [6.45, 7) is -1.97. The van der Waals surface area contributed by atoms with E-state index in [9.17, 15) is 42.9 Å². The summed E-state index contributed by atoms with van der Waals surface area (Å²) < 4.78 is 70.6. The van der Waals surface area contributed by atoms with Gasteiger partial charge in [-0.05, 0) is 0 Å². The molecule has 0 bridgehead atoms. The van der Waals surface area contributed by atoms with Gasteiger partial charge in [0.2, 0.25) is 5.95 Å². The molecule has 3 heterocycles. The lowest BCUT2D eigenvalue weighted by Gasteiger charge is -2.30. The Labute approximate surface area is 263 Å². The zero-order valence-corrected chi connectivity index (χ0v) is 26.9. The van der Waals surface area contributed by atoms with Crippen LogP contribution in [0.1, 0.15) is 25.5 Å². The number of imidazole rings is 1. The maximum absolute atomic E-state index is 13.2. The molecule has 1 saturated heterocycles. The third kappa shape index (κ3) is 9.62. The summed E-state index contributed by atoms with van der Waals surface area (Å²) >= 11 is 0. The standard InChI is InChI=1S/C22H31N5O18P2/c1-37-14(28)6-22(20(32)40-4,7-15(29)38-2)45-47(35,36)41-8-12-11(44-46(33,34)42-9-16(30)39-3)5-13(43-12)27-10-24-17-18(27)25-21(23)26-19(17)31/h10-13H,5-9H2,1-4H3,(H,33,34)(H,35,36)(H3,23,25,26,31)/t11?,12-,13-/m1/s1. The number of nitrogen functional groups attached to an aromatic ring is 1. The van der Waals surface area contributed by atoms with Crippen molar-refractivity contribution in [3.63, 3.8) is 0 Å². The fourth-order valence-electron chi connectivity index (χ4n) is 4.20. The number of ether oxygens (including phenoxy) is 5. The molecule has 0 aromatic carbocycles. The van der Waals surface area contributed by atoms with Crippen LogP contribution >= 0.6 is 15.6 Å². The number of fused-ring (bicyclic) bond motifs is 1. The zero-order valence-electron chi connectivity index (χ0n) is 25.1. The van der Waals surface area contributed by atoms with E-state index in [1.165, 1.54) is 4.57 Å². The molecule has 2 aromatic rings. The Balaban J connectivity index is 1.91. The van der Waals surface area contributed by atoms with E-state index in [0.717, 1.165) is 34.8 Å². The molecular weight excluding hydrogens is 684 g/mol. The number of nitrogens with one attached hydrogen (secondary N) is 1. The van der Waals surface area contributed by atoms with Gasteiger partial charge in [0.25, 0.3) is 5.56 Å². The second-order valence-corrected chi connectivity index (χ2v) is 12.2. The third-order valence-corrected chi connectivity index (χ3v) is 8.40. The van der Waals surface area contributed by atoms with Gasteiger partial charge in [0, 0.05) is 6.42 Å². The van der Waals surface area contributed by atoms with Crippen LogP contribution in [0.3, 0.4) is 0 Å². The number of aromatic nitrogens is 4. The number of aromatic amines is 1. The maximum Gasteiger partial charge on any atom is 0.473 e. The molecule has 0 spiro atoms. The van der Waals surface area contributed by atoms with E-state index in [1.54, 1.807) is 0 Å². The molecule has 0 amide bonds. The topological polar surface area (TPSA) is 316 Å². The molecule has 3 unspecified atom stereocenters. The van der Waals surface area contributed by atoms with Gasteiger partial charge in [0.05, 0.1) is 54.2 Å². The van der Waals surface area contributed by atoms with Crippen LogP contribution in [0.5, 0.6) is 0 Å². The van der Waals surface area contributed by atoms with Crippen LogP contribution in [0.4, 0.5) is 5.95 Å². The fourth-order valence-corrected chi connectivity index (χ4v) is 6.13. The molecule has 5 N–H and O–H groups in total. The molecule has 23 nitrogen and oxygen atoms in total. The molecule has 0 saturated carbocycles. The molecule has 47 heavy (non-hydrogen) atoms. The molecule has 0 radical (unpaired) electrons. The van der Waals surface area contributed by atoms with Crippen molar-refractivity contribution < 1.29 is 79.9 Å². The first kappa shape index (κ1) is 37.7. The average Bonchev–Trinajstić information content (AvgIpc) is 3.61. The van der Waals surface area contributed by atoms with Crippen molar-refractivity contribution in [3.05, 3.63) is 16.7 Å². The van der Waals surface area contributed by atoms with E-state index in [-0.39, 0.29) is 23.5 Å². The number of phosphoric acid groups is 2.